The Morgan fingerprint density at radius 1 is 0.227 bits per heavy atom. The second-order valence-corrected chi connectivity index (χ2v) is 23.4. The van der Waals surface area contributed by atoms with Crippen LogP contribution in [0.4, 0.5) is 17.1 Å². The standard InChI is InChI=1S/C73H53NSi/c1-8-23-54(24-9-1)56-39-44-62(45-40-56)74(64-32-22-27-58(51-64)55-25-10-2-11-26-55)63-46-41-57(42-47-63)59-43-49-71-69(52-59)70-53-68(48-50-72(70)73(71,60-28-12-3-13-29-60)61-30-14-4-15-31-61)75(65-33-16-5-17-34-65,66-35-18-6-19-36-66)67-37-20-7-21-38-67/h1-53H. The predicted molar refractivity (Wildman–Crippen MR) is 318 cm³/mol. The van der Waals surface area contributed by atoms with Gasteiger partial charge < -0.3 is 4.90 Å². The summed E-state index contributed by atoms with van der Waals surface area (Å²) < 4.78 is 0. The minimum atomic E-state index is -2.87. The van der Waals surface area contributed by atoms with Crippen molar-refractivity contribution < 1.29 is 0 Å². The molecular formula is C73H53NSi. The lowest BCUT2D eigenvalue weighted by molar-refractivity contribution is 0.769. The van der Waals surface area contributed by atoms with Gasteiger partial charge in [0.05, 0.1) is 5.41 Å². The van der Waals surface area contributed by atoms with Crippen molar-refractivity contribution in [2.45, 2.75) is 5.41 Å². The van der Waals surface area contributed by atoms with Crippen LogP contribution in [0.5, 0.6) is 0 Å². The number of benzene rings is 12. The van der Waals surface area contributed by atoms with Gasteiger partial charge in [-0.05, 0) is 130 Å². The highest BCUT2D eigenvalue weighted by Gasteiger charge is 2.48. The second kappa shape index (κ2) is 19.6. The summed E-state index contributed by atoms with van der Waals surface area (Å²) in [5.41, 5.74) is 17.5. The minimum Gasteiger partial charge on any atom is -0.310 e. The molecule has 0 heterocycles. The third-order valence-corrected chi connectivity index (χ3v) is 20.3. The summed E-state index contributed by atoms with van der Waals surface area (Å²) in [6.45, 7) is 0. The maximum Gasteiger partial charge on any atom is 0.179 e. The molecule has 0 unspecified atom stereocenters. The molecule has 0 radical (unpaired) electrons. The number of fused-ring (bicyclic) bond motifs is 3. The van der Waals surface area contributed by atoms with Gasteiger partial charge in [-0.3, -0.25) is 0 Å². The molecular weight excluding hydrogens is 919 g/mol. The van der Waals surface area contributed by atoms with Crippen LogP contribution in [0.3, 0.4) is 0 Å². The van der Waals surface area contributed by atoms with Crippen molar-refractivity contribution >= 4 is 45.9 Å². The van der Waals surface area contributed by atoms with Gasteiger partial charge in [0.15, 0.2) is 8.07 Å². The Hall–Kier alpha value is -9.34. The molecule has 0 atom stereocenters. The first-order valence-corrected chi connectivity index (χ1v) is 28.0. The van der Waals surface area contributed by atoms with Crippen LogP contribution in [0.25, 0.3) is 44.5 Å². The van der Waals surface area contributed by atoms with Gasteiger partial charge in [0.25, 0.3) is 0 Å². The van der Waals surface area contributed by atoms with Gasteiger partial charge in [-0.15, -0.1) is 0 Å². The van der Waals surface area contributed by atoms with E-state index in [0.29, 0.717) is 0 Å². The average Bonchev–Trinajstić information content (AvgIpc) is 3.80. The molecule has 0 aromatic heterocycles. The van der Waals surface area contributed by atoms with Crippen molar-refractivity contribution in [2.75, 3.05) is 4.90 Å². The van der Waals surface area contributed by atoms with E-state index in [9.17, 15) is 0 Å². The molecule has 13 rings (SSSR count). The SMILES string of the molecule is c1ccc(-c2ccc(N(c3ccc(-c4ccc5c(c4)-c4cc([Si](c6ccccc6)(c6ccccc6)c6ccccc6)ccc4C5(c4ccccc4)c4ccccc4)cc3)c3cccc(-c4ccccc4)c3)cc2)cc1. The summed E-state index contributed by atoms with van der Waals surface area (Å²) in [7, 11) is -2.87. The van der Waals surface area contributed by atoms with Gasteiger partial charge >= 0.3 is 0 Å². The Morgan fingerprint density at radius 2 is 0.573 bits per heavy atom. The molecule has 1 aliphatic carbocycles. The van der Waals surface area contributed by atoms with Gasteiger partial charge in [0, 0.05) is 17.1 Å². The van der Waals surface area contributed by atoms with E-state index in [1.165, 1.54) is 81.9 Å². The smallest absolute Gasteiger partial charge is 0.179 e. The lowest BCUT2D eigenvalue weighted by atomic mass is 9.67. The van der Waals surface area contributed by atoms with Crippen molar-refractivity contribution in [1.82, 2.24) is 0 Å². The average molecular weight is 972 g/mol. The van der Waals surface area contributed by atoms with Crippen LogP contribution in [-0.2, 0) is 5.41 Å². The van der Waals surface area contributed by atoms with Crippen LogP contribution in [0.15, 0.2) is 322 Å². The number of anilines is 3. The van der Waals surface area contributed by atoms with Crippen molar-refractivity contribution in [3.05, 3.63) is 344 Å². The lowest BCUT2D eigenvalue weighted by Crippen LogP contribution is -2.74. The third-order valence-electron chi connectivity index (χ3n) is 15.5. The van der Waals surface area contributed by atoms with Crippen molar-refractivity contribution in [3.63, 3.8) is 0 Å². The van der Waals surface area contributed by atoms with E-state index in [4.69, 9.17) is 0 Å². The molecule has 1 aliphatic rings. The van der Waals surface area contributed by atoms with Crippen LogP contribution in [0.1, 0.15) is 22.3 Å². The molecule has 0 amide bonds. The molecule has 0 bridgehead atoms. The molecule has 12 aromatic carbocycles. The quantitative estimate of drug-likeness (QED) is 0.0871. The Morgan fingerprint density at radius 3 is 1.05 bits per heavy atom. The van der Waals surface area contributed by atoms with Crippen LogP contribution >= 0.6 is 0 Å². The number of hydrogen-bond donors (Lipinski definition) is 0. The fourth-order valence-electron chi connectivity index (χ4n) is 12.1. The normalized spacial score (nSPS) is 12.4. The molecule has 0 fully saturated rings. The third kappa shape index (κ3) is 7.95. The summed E-state index contributed by atoms with van der Waals surface area (Å²) in [6.07, 6.45) is 0. The lowest BCUT2D eigenvalue weighted by Gasteiger charge is -2.36. The van der Waals surface area contributed by atoms with Gasteiger partial charge in [-0.1, -0.05) is 279 Å². The first-order chi connectivity index (χ1) is 37.2. The highest BCUT2D eigenvalue weighted by atomic mass is 28.3. The monoisotopic (exact) mass is 971 g/mol. The van der Waals surface area contributed by atoms with Gasteiger partial charge in [-0.25, -0.2) is 0 Å². The number of rotatable bonds is 12. The van der Waals surface area contributed by atoms with Crippen LogP contribution in [0, 0.1) is 0 Å². The highest BCUT2D eigenvalue weighted by Crippen LogP contribution is 2.56. The van der Waals surface area contributed by atoms with Gasteiger partial charge in [0.2, 0.25) is 0 Å². The zero-order valence-corrected chi connectivity index (χ0v) is 42.5. The fraction of sp³-hybridized carbons (Fsp3) is 0.0137. The molecule has 2 heteroatoms. The van der Waals surface area contributed by atoms with Crippen molar-refractivity contribution in [3.8, 4) is 44.5 Å². The Bertz CT molecular complexity index is 3750. The largest absolute Gasteiger partial charge is 0.310 e. The van der Waals surface area contributed by atoms with E-state index in [0.717, 1.165) is 22.6 Å². The molecule has 0 saturated heterocycles. The topological polar surface area (TPSA) is 3.24 Å². The van der Waals surface area contributed by atoms with Crippen LogP contribution in [0.2, 0.25) is 0 Å². The summed E-state index contributed by atoms with van der Waals surface area (Å²) in [4.78, 5) is 2.38. The summed E-state index contributed by atoms with van der Waals surface area (Å²) in [5, 5.41) is 5.44. The molecule has 354 valence electrons. The first kappa shape index (κ1) is 45.5. The van der Waals surface area contributed by atoms with Crippen molar-refractivity contribution in [2.24, 2.45) is 0 Å². The maximum atomic E-state index is 2.58. The molecule has 75 heavy (non-hydrogen) atoms. The zero-order valence-electron chi connectivity index (χ0n) is 41.5. The molecule has 12 aromatic rings. The maximum absolute atomic E-state index is 2.87. The summed E-state index contributed by atoms with van der Waals surface area (Å²) in [6, 6.07) is 119. The molecule has 0 saturated carbocycles. The number of nitrogens with zero attached hydrogens (tertiary/aromatic N) is 1. The highest BCUT2D eigenvalue weighted by molar-refractivity contribution is 7.19. The van der Waals surface area contributed by atoms with Crippen LogP contribution in [-0.4, -0.2) is 8.07 Å². The van der Waals surface area contributed by atoms with E-state index in [-0.39, 0.29) is 0 Å². The van der Waals surface area contributed by atoms with Crippen LogP contribution < -0.4 is 25.6 Å². The van der Waals surface area contributed by atoms with E-state index in [2.05, 4.69) is 326 Å². The molecule has 1 nitrogen and oxygen atoms in total. The molecule has 0 N–H and O–H groups in total. The van der Waals surface area contributed by atoms with Gasteiger partial charge in [0.1, 0.15) is 0 Å². The predicted octanol–water partition coefficient (Wildman–Crippen LogP) is 15.9. The van der Waals surface area contributed by atoms with E-state index in [1.54, 1.807) is 0 Å². The zero-order chi connectivity index (χ0) is 50.0. The Balaban J connectivity index is 0.987. The Labute approximate surface area is 442 Å². The summed E-state index contributed by atoms with van der Waals surface area (Å²) in [5.74, 6) is 0. The number of hydrogen-bond acceptors (Lipinski definition) is 1. The van der Waals surface area contributed by atoms with Gasteiger partial charge in [-0.2, -0.15) is 0 Å². The summed E-state index contributed by atoms with van der Waals surface area (Å²) >= 11 is 0. The van der Waals surface area contributed by atoms with E-state index < -0.39 is 13.5 Å². The van der Waals surface area contributed by atoms with E-state index in [1.807, 2.05) is 0 Å². The fourth-order valence-corrected chi connectivity index (χ4v) is 16.9. The minimum absolute atomic E-state index is 0.546. The molecule has 0 spiro atoms. The van der Waals surface area contributed by atoms with Crippen molar-refractivity contribution in [1.29, 1.82) is 0 Å². The van der Waals surface area contributed by atoms with E-state index >= 15 is 0 Å². The molecule has 0 aliphatic heterocycles. The second-order valence-electron chi connectivity index (χ2n) is 19.6. The first-order valence-electron chi connectivity index (χ1n) is 26.0. The Kier molecular flexibility index (Phi) is 11.9.